The Morgan fingerprint density at radius 1 is 1.30 bits per heavy atom. The fourth-order valence-electron chi connectivity index (χ4n) is 1.83. The summed E-state index contributed by atoms with van der Waals surface area (Å²) in [6, 6.07) is 9.73. The zero-order valence-electron chi connectivity index (χ0n) is 12.7. The van der Waals surface area contributed by atoms with Crippen LogP contribution in [-0.2, 0) is 4.79 Å². The normalized spacial score (nSPS) is 12.2. The van der Waals surface area contributed by atoms with Gasteiger partial charge in [-0.25, -0.2) is 0 Å². The van der Waals surface area contributed by atoms with Crippen LogP contribution in [0.1, 0.15) is 27.2 Å². The van der Waals surface area contributed by atoms with E-state index in [0.717, 1.165) is 5.69 Å². The number of aliphatic hydroxyl groups excluding tert-OH is 1. The van der Waals surface area contributed by atoms with Gasteiger partial charge in [0.2, 0.25) is 5.91 Å². The number of benzene rings is 1. The standard InChI is InChI=1S/C16H26N2O2/c1-4-15(19)11-18(14-8-6-5-7-9-14)12-16(20)17-10-13(2)3/h5-9,13,15,19H,4,10-12H2,1-3H3,(H,17,20). The maximum absolute atomic E-state index is 12.0. The van der Waals surface area contributed by atoms with Gasteiger partial charge in [-0.15, -0.1) is 0 Å². The van der Waals surface area contributed by atoms with E-state index in [9.17, 15) is 9.90 Å². The topological polar surface area (TPSA) is 52.6 Å². The molecule has 1 aromatic carbocycles. The average molecular weight is 278 g/mol. The summed E-state index contributed by atoms with van der Waals surface area (Å²) >= 11 is 0. The summed E-state index contributed by atoms with van der Waals surface area (Å²) in [7, 11) is 0. The molecule has 1 unspecified atom stereocenters. The molecule has 4 nitrogen and oxygen atoms in total. The van der Waals surface area contributed by atoms with E-state index < -0.39 is 6.10 Å². The first-order valence-electron chi connectivity index (χ1n) is 7.27. The summed E-state index contributed by atoms with van der Waals surface area (Å²) in [6.45, 7) is 7.49. The number of nitrogens with zero attached hydrogens (tertiary/aromatic N) is 1. The minimum atomic E-state index is -0.423. The van der Waals surface area contributed by atoms with Gasteiger partial charge in [-0.1, -0.05) is 39.0 Å². The van der Waals surface area contributed by atoms with Gasteiger partial charge < -0.3 is 15.3 Å². The second kappa shape index (κ2) is 8.59. The van der Waals surface area contributed by atoms with Crippen molar-refractivity contribution >= 4 is 11.6 Å². The van der Waals surface area contributed by atoms with Crippen LogP contribution in [0, 0.1) is 5.92 Å². The lowest BCUT2D eigenvalue weighted by molar-refractivity contribution is -0.119. The number of hydrogen-bond acceptors (Lipinski definition) is 3. The lowest BCUT2D eigenvalue weighted by Crippen LogP contribution is -2.41. The van der Waals surface area contributed by atoms with E-state index in [1.165, 1.54) is 0 Å². The Morgan fingerprint density at radius 2 is 1.95 bits per heavy atom. The minimum Gasteiger partial charge on any atom is -0.391 e. The van der Waals surface area contributed by atoms with E-state index in [-0.39, 0.29) is 12.5 Å². The van der Waals surface area contributed by atoms with Crippen molar-refractivity contribution in [2.24, 2.45) is 5.92 Å². The number of nitrogens with one attached hydrogen (secondary N) is 1. The lowest BCUT2D eigenvalue weighted by Gasteiger charge is -2.26. The highest BCUT2D eigenvalue weighted by atomic mass is 16.3. The van der Waals surface area contributed by atoms with Crippen molar-refractivity contribution in [3.8, 4) is 0 Å². The van der Waals surface area contributed by atoms with Crippen molar-refractivity contribution < 1.29 is 9.90 Å². The van der Waals surface area contributed by atoms with Crippen molar-refractivity contribution in [1.82, 2.24) is 5.32 Å². The van der Waals surface area contributed by atoms with Gasteiger partial charge in [-0.3, -0.25) is 4.79 Å². The number of carbonyl (C=O) groups excluding carboxylic acids is 1. The van der Waals surface area contributed by atoms with Crippen LogP contribution in [0.25, 0.3) is 0 Å². The largest absolute Gasteiger partial charge is 0.391 e. The molecule has 4 heteroatoms. The van der Waals surface area contributed by atoms with Gasteiger partial charge in [0.25, 0.3) is 0 Å². The number of hydrogen-bond donors (Lipinski definition) is 2. The number of amides is 1. The molecule has 1 rings (SSSR count). The van der Waals surface area contributed by atoms with Crippen LogP contribution in [-0.4, -0.2) is 36.8 Å². The van der Waals surface area contributed by atoms with Crippen LogP contribution in [0.5, 0.6) is 0 Å². The molecule has 0 aliphatic carbocycles. The second-order valence-electron chi connectivity index (χ2n) is 5.48. The highest BCUT2D eigenvalue weighted by Gasteiger charge is 2.14. The van der Waals surface area contributed by atoms with Gasteiger partial charge in [-0.2, -0.15) is 0 Å². The molecule has 112 valence electrons. The molecule has 0 aliphatic heterocycles. The van der Waals surface area contributed by atoms with Gasteiger partial charge in [-0.05, 0) is 24.5 Å². The Balaban J connectivity index is 2.66. The Kier molecular flexibility index (Phi) is 7.09. The zero-order chi connectivity index (χ0) is 15.0. The third-order valence-electron chi connectivity index (χ3n) is 3.07. The number of rotatable bonds is 8. The molecule has 0 radical (unpaired) electrons. The molecule has 0 heterocycles. The molecule has 20 heavy (non-hydrogen) atoms. The van der Waals surface area contributed by atoms with Gasteiger partial charge >= 0.3 is 0 Å². The van der Waals surface area contributed by atoms with Crippen molar-refractivity contribution in [3.63, 3.8) is 0 Å². The fourth-order valence-corrected chi connectivity index (χ4v) is 1.83. The summed E-state index contributed by atoms with van der Waals surface area (Å²) in [5.74, 6) is 0.427. The Hall–Kier alpha value is -1.55. The highest BCUT2D eigenvalue weighted by Crippen LogP contribution is 2.14. The Bertz CT molecular complexity index is 393. The SMILES string of the molecule is CCC(O)CN(CC(=O)NCC(C)C)c1ccccc1. The van der Waals surface area contributed by atoms with E-state index in [4.69, 9.17) is 0 Å². The van der Waals surface area contributed by atoms with Crippen molar-refractivity contribution in [1.29, 1.82) is 0 Å². The third kappa shape index (κ3) is 6.06. The molecule has 0 saturated heterocycles. The van der Waals surface area contributed by atoms with E-state index >= 15 is 0 Å². The number of anilines is 1. The van der Waals surface area contributed by atoms with Crippen molar-refractivity contribution in [2.75, 3.05) is 24.5 Å². The van der Waals surface area contributed by atoms with Gasteiger partial charge in [0.05, 0.1) is 12.6 Å². The average Bonchev–Trinajstić information content (AvgIpc) is 2.45. The number of carbonyl (C=O) groups is 1. The molecule has 1 amide bonds. The maximum Gasteiger partial charge on any atom is 0.239 e. The summed E-state index contributed by atoms with van der Waals surface area (Å²) in [4.78, 5) is 13.9. The zero-order valence-corrected chi connectivity index (χ0v) is 12.7. The summed E-state index contributed by atoms with van der Waals surface area (Å²) in [5, 5.41) is 12.8. The van der Waals surface area contributed by atoms with Gasteiger partial charge in [0.1, 0.15) is 0 Å². The lowest BCUT2D eigenvalue weighted by atomic mass is 10.2. The highest BCUT2D eigenvalue weighted by molar-refractivity contribution is 5.81. The predicted molar refractivity (Wildman–Crippen MR) is 82.8 cm³/mol. The van der Waals surface area contributed by atoms with Crippen molar-refractivity contribution in [3.05, 3.63) is 30.3 Å². The smallest absolute Gasteiger partial charge is 0.239 e. The molecular weight excluding hydrogens is 252 g/mol. The molecule has 1 aromatic rings. The number of para-hydroxylation sites is 1. The Labute approximate surface area is 121 Å². The first-order chi connectivity index (χ1) is 9.52. The van der Waals surface area contributed by atoms with E-state index in [0.29, 0.717) is 25.4 Å². The monoisotopic (exact) mass is 278 g/mol. The molecule has 0 spiro atoms. The second-order valence-corrected chi connectivity index (χ2v) is 5.48. The molecule has 0 aliphatic rings. The van der Waals surface area contributed by atoms with Crippen LogP contribution in [0.15, 0.2) is 30.3 Å². The molecule has 2 N–H and O–H groups in total. The molecule has 1 atom stereocenters. The molecule has 0 bridgehead atoms. The Morgan fingerprint density at radius 3 is 2.50 bits per heavy atom. The predicted octanol–water partition coefficient (Wildman–Crippen LogP) is 2.04. The fraction of sp³-hybridized carbons (Fsp3) is 0.562. The summed E-state index contributed by atoms with van der Waals surface area (Å²) in [5.41, 5.74) is 0.958. The first kappa shape index (κ1) is 16.5. The van der Waals surface area contributed by atoms with Crippen LogP contribution in [0.2, 0.25) is 0 Å². The number of aliphatic hydroxyl groups is 1. The summed E-state index contributed by atoms with van der Waals surface area (Å²) < 4.78 is 0. The van der Waals surface area contributed by atoms with E-state index in [2.05, 4.69) is 19.2 Å². The summed E-state index contributed by atoms with van der Waals surface area (Å²) in [6.07, 6.45) is 0.254. The van der Waals surface area contributed by atoms with Crippen LogP contribution in [0.4, 0.5) is 5.69 Å². The van der Waals surface area contributed by atoms with Crippen molar-refractivity contribution in [2.45, 2.75) is 33.3 Å². The van der Waals surface area contributed by atoms with Crippen LogP contribution >= 0.6 is 0 Å². The van der Waals surface area contributed by atoms with Crippen LogP contribution in [0.3, 0.4) is 0 Å². The van der Waals surface area contributed by atoms with E-state index in [1.54, 1.807) is 0 Å². The molecular formula is C16H26N2O2. The van der Waals surface area contributed by atoms with Gasteiger partial charge in [0, 0.05) is 18.8 Å². The molecule has 0 fully saturated rings. The molecule has 0 saturated carbocycles. The van der Waals surface area contributed by atoms with Gasteiger partial charge in [0.15, 0.2) is 0 Å². The maximum atomic E-state index is 12.0. The third-order valence-corrected chi connectivity index (χ3v) is 3.07. The minimum absolute atomic E-state index is 0.00847. The molecule has 0 aromatic heterocycles. The van der Waals surface area contributed by atoms with E-state index in [1.807, 2.05) is 42.2 Å². The first-order valence-corrected chi connectivity index (χ1v) is 7.27. The van der Waals surface area contributed by atoms with Crippen LogP contribution < -0.4 is 10.2 Å². The quantitative estimate of drug-likeness (QED) is 0.765.